The highest BCUT2D eigenvalue weighted by atomic mass is 16.5. The average Bonchev–Trinajstić information content (AvgIpc) is 3.35. The molecule has 1 N–H and O–H groups in total. The molecule has 0 spiro atoms. The lowest BCUT2D eigenvalue weighted by Gasteiger charge is -2.31. The minimum Gasteiger partial charge on any atom is -0.360 e. The maximum atomic E-state index is 13.0. The zero-order valence-electron chi connectivity index (χ0n) is 15.6. The molecule has 3 aromatic rings. The van der Waals surface area contributed by atoms with Gasteiger partial charge in [-0.05, 0) is 19.8 Å². The lowest BCUT2D eigenvalue weighted by molar-refractivity contribution is 0.0701. The summed E-state index contributed by atoms with van der Waals surface area (Å²) in [4.78, 5) is 19.6. The molecule has 1 atom stereocenters. The zero-order valence-corrected chi connectivity index (χ0v) is 15.6. The molecule has 0 radical (unpaired) electrons. The minimum atomic E-state index is -0.00176. The van der Waals surface area contributed by atoms with Gasteiger partial charge in [-0.15, -0.1) is 0 Å². The van der Waals surface area contributed by atoms with Crippen molar-refractivity contribution in [3.05, 3.63) is 53.2 Å². The van der Waals surface area contributed by atoms with Gasteiger partial charge in [0.1, 0.15) is 17.1 Å². The van der Waals surface area contributed by atoms with Crippen molar-refractivity contribution in [2.45, 2.75) is 39.0 Å². The number of likely N-dealkylation sites (tertiary alicyclic amines) is 1. The molecule has 0 aliphatic carbocycles. The number of aromatic nitrogens is 4. The fraction of sp³-hybridized carbons (Fsp3) is 0.400. The largest absolute Gasteiger partial charge is 0.360 e. The number of amides is 1. The van der Waals surface area contributed by atoms with Crippen LogP contribution in [0.5, 0.6) is 0 Å². The number of hydrogen-bond acceptors (Lipinski definition) is 5. The van der Waals surface area contributed by atoms with Crippen LogP contribution < -0.4 is 0 Å². The van der Waals surface area contributed by atoms with E-state index in [1.54, 1.807) is 0 Å². The molecule has 1 aliphatic heterocycles. The Hall–Kier alpha value is -2.96. The molecule has 1 aliphatic rings. The fourth-order valence-electron chi connectivity index (χ4n) is 3.65. The molecular formula is C20H23N5O2. The van der Waals surface area contributed by atoms with E-state index in [2.05, 4.69) is 20.3 Å². The van der Waals surface area contributed by atoms with Crippen LogP contribution in [-0.4, -0.2) is 44.2 Å². The summed E-state index contributed by atoms with van der Waals surface area (Å²) in [5.74, 6) is 2.34. The molecule has 1 fully saturated rings. The van der Waals surface area contributed by atoms with Gasteiger partial charge in [0.25, 0.3) is 5.91 Å². The van der Waals surface area contributed by atoms with E-state index in [0.717, 1.165) is 30.8 Å². The number of carbonyl (C=O) groups excluding carboxylic acids is 1. The second kappa shape index (κ2) is 7.34. The van der Waals surface area contributed by atoms with Gasteiger partial charge < -0.3 is 9.42 Å². The number of aromatic amines is 1. The molecule has 7 nitrogen and oxygen atoms in total. The average molecular weight is 365 g/mol. The second-order valence-electron chi connectivity index (χ2n) is 6.92. The van der Waals surface area contributed by atoms with Crippen molar-refractivity contribution >= 4 is 5.91 Å². The van der Waals surface area contributed by atoms with Gasteiger partial charge in [0.05, 0.1) is 5.69 Å². The van der Waals surface area contributed by atoms with E-state index in [1.807, 2.05) is 49.1 Å². The molecule has 1 aromatic carbocycles. The van der Waals surface area contributed by atoms with Gasteiger partial charge in [0.15, 0.2) is 5.82 Å². The third-order valence-corrected chi connectivity index (χ3v) is 5.10. The van der Waals surface area contributed by atoms with Gasteiger partial charge in [-0.1, -0.05) is 42.4 Å². The maximum absolute atomic E-state index is 13.0. The molecule has 0 bridgehead atoms. The van der Waals surface area contributed by atoms with Crippen molar-refractivity contribution in [1.29, 1.82) is 0 Å². The van der Waals surface area contributed by atoms with Gasteiger partial charge in [0, 0.05) is 31.0 Å². The molecule has 140 valence electrons. The molecule has 3 heterocycles. The normalized spacial score (nSPS) is 17.3. The van der Waals surface area contributed by atoms with E-state index in [9.17, 15) is 4.79 Å². The molecule has 1 unspecified atom stereocenters. The van der Waals surface area contributed by atoms with Gasteiger partial charge >= 0.3 is 0 Å². The standard InChI is InChI=1S/C20H23N5O2/c1-3-16-17(13(2)24-27-16)20(26)25-11-7-10-15(12-25)19-21-18(22-23-19)14-8-5-4-6-9-14/h4-6,8-9,15H,3,7,10-12H2,1-2H3,(H,21,22,23). The highest BCUT2D eigenvalue weighted by molar-refractivity contribution is 5.96. The van der Waals surface area contributed by atoms with Crippen LogP contribution in [0.15, 0.2) is 34.9 Å². The van der Waals surface area contributed by atoms with E-state index in [0.29, 0.717) is 35.8 Å². The number of piperidine rings is 1. The first-order chi connectivity index (χ1) is 13.2. The van der Waals surface area contributed by atoms with Crippen LogP contribution in [0.3, 0.4) is 0 Å². The Bertz CT molecular complexity index is 931. The number of aryl methyl sites for hydroxylation is 2. The van der Waals surface area contributed by atoms with Gasteiger partial charge in [-0.25, -0.2) is 4.98 Å². The van der Waals surface area contributed by atoms with Crippen LogP contribution in [0.1, 0.15) is 53.3 Å². The van der Waals surface area contributed by atoms with Gasteiger partial charge in [-0.2, -0.15) is 5.10 Å². The highest BCUT2D eigenvalue weighted by Crippen LogP contribution is 2.28. The predicted molar refractivity (Wildman–Crippen MR) is 100 cm³/mol. The van der Waals surface area contributed by atoms with Crippen molar-refractivity contribution in [2.75, 3.05) is 13.1 Å². The third kappa shape index (κ3) is 3.37. The monoisotopic (exact) mass is 365 g/mol. The molecule has 0 saturated carbocycles. The molecule has 2 aromatic heterocycles. The third-order valence-electron chi connectivity index (χ3n) is 5.10. The Morgan fingerprint density at radius 2 is 2.15 bits per heavy atom. The first-order valence-electron chi connectivity index (χ1n) is 9.39. The van der Waals surface area contributed by atoms with Crippen LogP contribution in [0.4, 0.5) is 0 Å². The van der Waals surface area contributed by atoms with E-state index in [-0.39, 0.29) is 11.8 Å². The van der Waals surface area contributed by atoms with Crippen molar-refractivity contribution < 1.29 is 9.32 Å². The molecule has 1 saturated heterocycles. The molecule has 7 heteroatoms. The predicted octanol–water partition coefficient (Wildman–Crippen LogP) is 3.35. The summed E-state index contributed by atoms with van der Waals surface area (Å²) in [7, 11) is 0. The van der Waals surface area contributed by atoms with Crippen LogP contribution in [0.2, 0.25) is 0 Å². The number of benzene rings is 1. The molecule has 1 amide bonds. The number of hydrogen-bond donors (Lipinski definition) is 1. The van der Waals surface area contributed by atoms with Crippen molar-refractivity contribution in [3.63, 3.8) is 0 Å². The van der Waals surface area contributed by atoms with E-state index in [4.69, 9.17) is 4.52 Å². The summed E-state index contributed by atoms with van der Waals surface area (Å²) in [6.07, 6.45) is 2.57. The number of nitrogens with zero attached hydrogens (tertiary/aromatic N) is 4. The Morgan fingerprint density at radius 1 is 1.33 bits per heavy atom. The highest BCUT2D eigenvalue weighted by Gasteiger charge is 2.30. The lowest BCUT2D eigenvalue weighted by atomic mass is 9.96. The Morgan fingerprint density at radius 3 is 2.93 bits per heavy atom. The maximum Gasteiger partial charge on any atom is 0.259 e. The summed E-state index contributed by atoms with van der Waals surface area (Å²) in [6.45, 7) is 5.15. The number of carbonyl (C=O) groups is 1. The van der Waals surface area contributed by atoms with Crippen LogP contribution >= 0.6 is 0 Å². The van der Waals surface area contributed by atoms with Crippen LogP contribution in [0.25, 0.3) is 11.4 Å². The van der Waals surface area contributed by atoms with E-state index in [1.165, 1.54) is 0 Å². The van der Waals surface area contributed by atoms with Crippen LogP contribution in [0, 0.1) is 6.92 Å². The van der Waals surface area contributed by atoms with Crippen molar-refractivity contribution in [1.82, 2.24) is 25.2 Å². The van der Waals surface area contributed by atoms with Crippen molar-refractivity contribution in [3.8, 4) is 11.4 Å². The number of nitrogens with one attached hydrogen (secondary N) is 1. The topological polar surface area (TPSA) is 87.9 Å². The SMILES string of the molecule is CCc1onc(C)c1C(=O)N1CCCC(c2nc(-c3ccccc3)n[nH]2)C1. The summed E-state index contributed by atoms with van der Waals surface area (Å²) in [5.41, 5.74) is 2.25. The summed E-state index contributed by atoms with van der Waals surface area (Å²) < 4.78 is 5.29. The Balaban J connectivity index is 1.52. The molecule has 4 rings (SSSR count). The first kappa shape index (κ1) is 17.5. The Labute approximate surface area is 157 Å². The zero-order chi connectivity index (χ0) is 18.8. The van der Waals surface area contributed by atoms with Gasteiger partial charge in [-0.3, -0.25) is 9.89 Å². The summed E-state index contributed by atoms with van der Waals surface area (Å²) in [5, 5.41) is 11.4. The van der Waals surface area contributed by atoms with Crippen LogP contribution in [-0.2, 0) is 6.42 Å². The molecule has 27 heavy (non-hydrogen) atoms. The number of rotatable bonds is 4. The lowest BCUT2D eigenvalue weighted by Crippen LogP contribution is -2.39. The first-order valence-corrected chi connectivity index (χ1v) is 9.39. The molecular weight excluding hydrogens is 342 g/mol. The number of H-pyrrole nitrogens is 1. The van der Waals surface area contributed by atoms with E-state index < -0.39 is 0 Å². The quantitative estimate of drug-likeness (QED) is 0.766. The summed E-state index contributed by atoms with van der Waals surface area (Å²) in [6, 6.07) is 9.89. The minimum absolute atomic E-state index is 0.00176. The smallest absolute Gasteiger partial charge is 0.259 e. The summed E-state index contributed by atoms with van der Waals surface area (Å²) >= 11 is 0. The second-order valence-corrected chi connectivity index (χ2v) is 6.92. The van der Waals surface area contributed by atoms with E-state index >= 15 is 0 Å². The van der Waals surface area contributed by atoms with Crippen molar-refractivity contribution in [2.24, 2.45) is 0 Å². The fourth-order valence-corrected chi connectivity index (χ4v) is 3.65. The Kier molecular flexibility index (Phi) is 4.75. The van der Waals surface area contributed by atoms with Gasteiger partial charge in [0.2, 0.25) is 0 Å².